The van der Waals surface area contributed by atoms with Crippen LogP contribution in [-0.4, -0.2) is 13.2 Å². The van der Waals surface area contributed by atoms with Crippen molar-refractivity contribution >= 4 is 9.24 Å². The van der Waals surface area contributed by atoms with Crippen LogP contribution >= 0.6 is 9.24 Å². The fourth-order valence-electron chi connectivity index (χ4n) is 0.519. The number of rotatable bonds is 0. The molecule has 46 valence electrons. The summed E-state index contributed by atoms with van der Waals surface area (Å²) < 4.78 is 10.2. The molecule has 0 saturated heterocycles. The van der Waals surface area contributed by atoms with Crippen molar-refractivity contribution in [2.45, 2.75) is 6.92 Å². The Morgan fingerprint density at radius 1 is 1.38 bits per heavy atom. The minimum Gasteiger partial charge on any atom is -0.491 e. The van der Waals surface area contributed by atoms with E-state index in [-0.39, 0.29) is 0 Å². The highest BCUT2D eigenvalue weighted by Crippen LogP contribution is 2.17. The second kappa shape index (κ2) is 2.36. The van der Waals surface area contributed by atoms with Crippen LogP contribution < -0.4 is 0 Å². The molecule has 0 aromatic rings. The molecule has 0 aliphatic carbocycles. The van der Waals surface area contributed by atoms with E-state index in [1.165, 1.54) is 0 Å². The second-order valence-corrected chi connectivity index (χ2v) is 2.14. The van der Waals surface area contributed by atoms with Gasteiger partial charge in [-0.2, -0.15) is 0 Å². The standard InChI is InChI=1S/C5H9O2P/c1-4-5(8)7-3-2-6-4/h2-3,8H2,1H3. The second-order valence-electron chi connectivity index (χ2n) is 1.62. The first-order valence-corrected chi connectivity index (χ1v) is 3.10. The zero-order valence-electron chi connectivity index (χ0n) is 4.81. The lowest BCUT2D eigenvalue weighted by Gasteiger charge is -2.16. The fraction of sp³-hybridized carbons (Fsp3) is 0.600. The van der Waals surface area contributed by atoms with E-state index in [4.69, 9.17) is 9.47 Å². The molecule has 0 radical (unpaired) electrons. The predicted molar refractivity (Wildman–Crippen MR) is 34.3 cm³/mol. The van der Waals surface area contributed by atoms with Crippen LogP contribution in [0.1, 0.15) is 6.92 Å². The van der Waals surface area contributed by atoms with E-state index in [1.807, 2.05) is 6.92 Å². The molecule has 0 fully saturated rings. The molecule has 0 aromatic carbocycles. The van der Waals surface area contributed by atoms with E-state index in [0.717, 1.165) is 11.3 Å². The molecule has 0 spiro atoms. The van der Waals surface area contributed by atoms with Crippen LogP contribution in [0.15, 0.2) is 11.3 Å². The van der Waals surface area contributed by atoms with Gasteiger partial charge in [0.2, 0.25) is 0 Å². The van der Waals surface area contributed by atoms with Gasteiger partial charge in [0.25, 0.3) is 0 Å². The summed E-state index contributed by atoms with van der Waals surface area (Å²) in [7, 11) is 2.48. The van der Waals surface area contributed by atoms with Gasteiger partial charge in [0.15, 0.2) is 0 Å². The van der Waals surface area contributed by atoms with Crippen LogP contribution in [0.4, 0.5) is 0 Å². The Labute approximate surface area is 51.1 Å². The summed E-state index contributed by atoms with van der Waals surface area (Å²) in [4.78, 5) is 0. The van der Waals surface area contributed by atoms with E-state index in [0.29, 0.717) is 13.2 Å². The van der Waals surface area contributed by atoms with Crippen molar-refractivity contribution < 1.29 is 9.47 Å². The van der Waals surface area contributed by atoms with Gasteiger partial charge in [-0.05, 0) is 6.92 Å². The molecule has 1 atom stereocenters. The van der Waals surface area contributed by atoms with Gasteiger partial charge in [0.05, 0.1) is 0 Å². The van der Waals surface area contributed by atoms with Crippen molar-refractivity contribution in [1.82, 2.24) is 0 Å². The third-order valence-corrected chi connectivity index (χ3v) is 1.58. The van der Waals surface area contributed by atoms with Gasteiger partial charge >= 0.3 is 0 Å². The topological polar surface area (TPSA) is 18.5 Å². The van der Waals surface area contributed by atoms with Gasteiger partial charge in [0, 0.05) is 0 Å². The monoisotopic (exact) mass is 132 g/mol. The Morgan fingerprint density at radius 2 is 2.00 bits per heavy atom. The molecule has 1 aliphatic heterocycles. The first-order valence-electron chi connectivity index (χ1n) is 2.52. The van der Waals surface area contributed by atoms with Gasteiger partial charge in [-0.1, -0.05) is 9.24 Å². The fourth-order valence-corrected chi connectivity index (χ4v) is 0.720. The van der Waals surface area contributed by atoms with E-state index >= 15 is 0 Å². The summed E-state index contributed by atoms with van der Waals surface area (Å²) in [5.74, 6) is 0.876. The molecule has 2 nitrogen and oxygen atoms in total. The third kappa shape index (κ3) is 1.13. The SMILES string of the molecule is CC1=C(P)OCCO1. The van der Waals surface area contributed by atoms with Crippen molar-refractivity contribution in [3.8, 4) is 0 Å². The quantitative estimate of drug-likeness (QED) is 0.459. The van der Waals surface area contributed by atoms with Gasteiger partial charge in [-0.15, -0.1) is 0 Å². The Balaban J connectivity index is 2.60. The predicted octanol–water partition coefficient (Wildman–Crippen LogP) is 1.10. The van der Waals surface area contributed by atoms with Crippen LogP contribution in [0.2, 0.25) is 0 Å². The molecule has 0 bridgehead atoms. The normalized spacial score (nSPS) is 19.8. The molecule has 1 heterocycles. The molecular formula is C5H9O2P. The molecule has 0 aromatic heterocycles. The Kier molecular flexibility index (Phi) is 1.74. The molecule has 1 unspecified atom stereocenters. The van der Waals surface area contributed by atoms with Crippen LogP contribution in [0.3, 0.4) is 0 Å². The molecular weight excluding hydrogens is 123 g/mol. The first-order chi connectivity index (χ1) is 3.80. The Hall–Kier alpha value is -0.230. The molecule has 0 N–H and O–H groups in total. The zero-order chi connectivity index (χ0) is 5.98. The van der Waals surface area contributed by atoms with Crippen LogP contribution in [0.5, 0.6) is 0 Å². The highest BCUT2D eigenvalue weighted by molar-refractivity contribution is 7.22. The molecule has 8 heavy (non-hydrogen) atoms. The first kappa shape index (κ1) is 5.90. The van der Waals surface area contributed by atoms with Gasteiger partial charge < -0.3 is 9.47 Å². The highest BCUT2D eigenvalue weighted by atomic mass is 31.0. The van der Waals surface area contributed by atoms with Crippen molar-refractivity contribution in [3.05, 3.63) is 11.3 Å². The van der Waals surface area contributed by atoms with Gasteiger partial charge in [-0.3, -0.25) is 0 Å². The maximum Gasteiger partial charge on any atom is 0.149 e. The largest absolute Gasteiger partial charge is 0.491 e. The average molecular weight is 132 g/mol. The Morgan fingerprint density at radius 3 is 2.38 bits per heavy atom. The zero-order valence-corrected chi connectivity index (χ0v) is 5.96. The summed E-state index contributed by atoms with van der Waals surface area (Å²) in [6.45, 7) is 3.25. The van der Waals surface area contributed by atoms with Crippen LogP contribution in [0.25, 0.3) is 0 Å². The molecule has 0 amide bonds. The lowest BCUT2D eigenvalue weighted by Crippen LogP contribution is -2.08. The number of hydrogen-bond donors (Lipinski definition) is 0. The van der Waals surface area contributed by atoms with E-state index in [9.17, 15) is 0 Å². The number of ether oxygens (including phenoxy) is 2. The van der Waals surface area contributed by atoms with Crippen LogP contribution in [0, 0.1) is 0 Å². The minimum atomic E-state index is 0.677. The number of allylic oxidation sites excluding steroid dienone is 1. The lowest BCUT2D eigenvalue weighted by molar-refractivity contribution is 0.0790. The molecule has 3 heteroatoms. The third-order valence-electron chi connectivity index (χ3n) is 1.01. The molecule has 0 saturated carbocycles. The summed E-state index contributed by atoms with van der Waals surface area (Å²) in [5.41, 5.74) is 0.830. The van der Waals surface area contributed by atoms with Crippen molar-refractivity contribution in [2.75, 3.05) is 13.2 Å². The summed E-state index contributed by atoms with van der Waals surface area (Å²) in [6, 6.07) is 0. The minimum absolute atomic E-state index is 0.677. The van der Waals surface area contributed by atoms with Gasteiger partial charge in [-0.25, -0.2) is 0 Å². The average Bonchev–Trinajstić information content (AvgIpc) is 1.77. The maximum absolute atomic E-state index is 5.12. The Bertz CT molecular complexity index is 106. The van der Waals surface area contributed by atoms with E-state index < -0.39 is 0 Å². The van der Waals surface area contributed by atoms with Crippen molar-refractivity contribution in [1.29, 1.82) is 0 Å². The van der Waals surface area contributed by atoms with E-state index in [2.05, 4.69) is 9.24 Å². The smallest absolute Gasteiger partial charge is 0.149 e. The number of hydrogen-bond acceptors (Lipinski definition) is 2. The van der Waals surface area contributed by atoms with E-state index in [1.54, 1.807) is 0 Å². The van der Waals surface area contributed by atoms with Crippen molar-refractivity contribution in [2.24, 2.45) is 0 Å². The van der Waals surface area contributed by atoms with Crippen molar-refractivity contribution in [3.63, 3.8) is 0 Å². The van der Waals surface area contributed by atoms with Gasteiger partial charge in [0.1, 0.15) is 24.5 Å². The highest BCUT2D eigenvalue weighted by Gasteiger charge is 2.04. The lowest BCUT2D eigenvalue weighted by atomic mass is 10.6. The molecule has 1 rings (SSSR count). The maximum atomic E-state index is 5.12. The summed E-state index contributed by atoms with van der Waals surface area (Å²) in [6.07, 6.45) is 0. The summed E-state index contributed by atoms with van der Waals surface area (Å²) in [5, 5.41) is 0. The molecule has 1 aliphatic rings. The van der Waals surface area contributed by atoms with Crippen LogP contribution in [-0.2, 0) is 9.47 Å². The summed E-state index contributed by atoms with van der Waals surface area (Å²) >= 11 is 0.